The highest BCUT2D eigenvalue weighted by molar-refractivity contribution is 7.89. The number of benzene rings is 1. The number of piperidine rings is 1. The number of rotatable bonds is 3. The molecule has 0 aliphatic carbocycles. The van der Waals surface area contributed by atoms with Gasteiger partial charge in [-0.25, -0.2) is 8.42 Å². The molecular weight excluding hydrogens is 300 g/mol. The molecule has 22 heavy (non-hydrogen) atoms. The van der Waals surface area contributed by atoms with Gasteiger partial charge in [0.2, 0.25) is 10.0 Å². The average Bonchev–Trinajstić information content (AvgIpc) is 2.54. The standard InChI is InChI=1S/C16H20N2O3S/c1-12(19)14-8-2-3-11-18(14)22(20,21)15-9-4-6-13-7-5-10-17-16(13)15/h4-7,9-10,12,14,19H,2-3,8,11H2,1H3/t12-,14-/m0/s1. The van der Waals surface area contributed by atoms with Crippen molar-refractivity contribution in [1.82, 2.24) is 9.29 Å². The lowest BCUT2D eigenvalue weighted by molar-refractivity contribution is 0.0831. The number of pyridine rings is 1. The molecule has 1 N–H and O–H groups in total. The van der Waals surface area contributed by atoms with Gasteiger partial charge in [-0.05, 0) is 31.9 Å². The summed E-state index contributed by atoms with van der Waals surface area (Å²) in [5.41, 5.74) is 0.486. The van der Waals surface area contributed by atoms with Gasteiger partial charge < -0.3 is 5.11 Å². The molecule has 6 heteroatoms. The molecule has 5 nitrogen and oxygen atoms in total. The Morgan fingerprint density at radius 3 is 2.82 bits per heavy atom. The van der Waals surface area contributed by atoms with E-state index in [2.05, 4.69) is 4.98 Å². The highest BCUT2D eigenvalue weighted by Gasteiger charge is 2.36. The fourth-order valence-electron chi connectivity index (χ4n) is 3.12. The summed E-state index contributed by atoms with van der Waals surface area (Å²) in [5.74, 6) is 0. The van der Waals surface area contributed by atoms with Crippen molar-refractivity contribution >= 4 is 20.9 Å². The fourth-order valence-corrected chi connectivity index (χ4v) is 5.05. The number of hydrogen-bond acceptors (Lipinski definition) is 4. The Kier molecular flexibility index (Phi) is 4.16. The lowest BCUT2D eigenvalue weighted by atomic mass is 10.0. The Balaban J connectivity index is 2.11. The number of aliphatic hydroxyl groups is 1. The number of fused-ring (bicyclic) bond motifs is 1. The summed E-state index contributed by atoms with van der Waals surface area (Å²) in [4.78, 5) is 4.46. The zero-order chi connectivity index (χ0) is 15.7. The van der Waals surface area contributed by atoms with Crippen LogP contribution in [0.25, 0.3) is 10.9 Å². The average molecular weight is 320 g/mol. The molecule has 3 rings (SSSR count). The second kappa shape index (κ2) is 5.95. The lowest BCUT2D eigenvalue weighted by Gasteiger charge is -2.36. The van der Waals surface area contributed by atoms with Gasteiger partial charge in [0.1, 0.15) is 4.90 Å². The minimum atomic E-state index is -3.67. The molecule has 2 aromatic rings. The number of hydrogen-bond donors (Lipinski definition) is 1. The van der Waals surface area contributed by atoms with Crippen LogP contribution in [0, 0.1) is 0 Å². The largest absolute Gasteiger partial charge is 0.392 e. The summed E-state index contributed by atoms with van der Waals surface area (Å²) in [6, 6.07) is 8.46. The Morgan fingerprint density at radius 2 is 2.05 bits per heavy atom. The highest BCUT2D eigenvalue weighted by Crippen LogP contribution is 2.30. The van der Waals surface area contributed by atoms with Crippen molar-refractivity contribution in [3.05, 3.63) is 36.5 Å². The fraction of sp³-hybridized carbons (Fsp3) is 0.438. The van der Waals surface area contributed by atoms with Crippen molar-refractivity contribution in [1.29, 1.82) is 0 Å². The second-order valence-electron chi connectivity index (χ2n) is 5.75. The van der Waals surface area contributed by atoms with Crippen LogP contribution < -0.4 is 0 Å². The van der Waals surface area contributed by atoms with Crippen LogP contribution in [0.5, 0.6) is 0 Å². The molecule has 0 unspecified atom stereocenters. The molecule has 1 aliphatic heterocycles. The second-order valence-corrected chi connectivity index (χ2v) is 7.61. The van der Waals surface area contributed by atoms with E-state index in [4.69, 9.17) is 0 Å². The Bertz CT molecular complexity index is 769. The predicted octanol–water partition coefficient (Wildman–Crippen LogP) is 2.16. The molecule has 0 amide bonds. The van der Waals surface area contributed by atoms with Crippen LogP contribution in [-0.4, -0.2) is 41.5 Å². The molecule has 1 aliphatic rings. The van der Waals surface area contributed by atoms with E-state index in [0.29, 0.717) is 18.5 Å². The van der Waals surface area contributed by atoms with Gasteiger partial charge in [-0.2, -0.15) is 4.31 Å². The topological polar surface area (TPSA) is 70.5 Å². The highest BCUT2D eigenvalue weighted by atomic mass is 32.2. The molecular formula is C16H20N2O3S. The van der Waals surface area contributed by atoms with Crippen molar-refractivity contribution < 1.29 is 13.5 Å². The molecule has 1 aromatic carbocycles. The molecule has 0 saturated carbocycles. The normalized spacial score (nSPS) is 21.8. The first-order valence-corrected chi connectivity index (χ1v) is 8.99. The molecule has 2 heterocycles. The molecule has 0 radical (unpaired) electrons. The smallest absolute Gasteiger partial charge is 0.245 e. The van der Waals surface area contributed by atoms with Gasteiger partial charge in [0.25, 0.3) is 0 Å². The van der Waals surface area contributed by atoms with Crippen molar-refractivity contribution in [2.24, 2.45) is 0 Å². The summed E-state index contributed by atoms with van der Waals surface area (Å²) in [5, 5.41) is 10.7. The lowest BCUT2D eigenvalue weighted by Crippen LogP contribution is -2.48. The van der Waals surface area contributed by atoms with E-state index < -0.39 is 16.1 Å². The third-order valence-electron chi connectivity index (χ3n) is 4.24. The van der Waals surface area contributed by atoms with Crippen molar-refractivity contribution in [3.8, 4) is 0 Å². The summed E-state index contributed by atoms with van der Waals surface area (Å²) in [7, 11) is -3.67. The summed E-state index contributed by atoms with van der Waals surface area (Å²) in [6.07, 6.45) is 3.37. The summed E-state index contributed by atoms with van der Waals surface area (Å²) in [6.45, 7) is 2.10. The van der Waals surface area contributed by atoms with Crippen LogP contribution in [0.3, 0.4) is 0 Å². The molecule has 1 fully saturated rings. The van der Waals surface area contributed by atoms with Crippen LogP contribution in [0.2, 0.25) is 0 Å². The van der Waals surface area contributed by atoms with Gasteiger partial charge in [-0.15, -0.1) is 0 Å². The number of para-hydroxylation sites is 1. The number of nitrogens with zero attached hydrogens (tertiary/aromatic N) is 2. The first kappa shape index (κ1) is 15.4. The molecule has 2 atom stereocenters. The van der Waals surface area contributed by atoms with Crippen molar-refractivity contribution in [3.63, 3.8) is 0 Å². The van der Waals surface area contributed by atoms with Gasteiger partial charge >= 0.3 is 0 Å². The maximum Gasteiger partial charge on any atom is 0.245 e. The molecule has 118 valence electrons. The Labute approximate surface area is 130 Å². The zero-order valence-corrected chi connectivity index (χ0v) is 13.3. The van der Waals surface area contributed by atoms with Gasteiger partial charge in [-0.1, -0.05) is 24.6 Å². The van der Waals surface area contributed by atoms with Gasteiger partial charge in [0, 0.05) is 18.1 Å². The minimum absolute atomic E-state index is 0.221. The van der Waals surface area contributed by atoms with Crippen molar-refractivity contribution in [2.45, 2.75) is 43.2 Å². The van der Waals surface area contributed by atoms with Crippen molar-refractivity contribution in [2.75, 3.05) is 6.54 Å². The van der Waals surface area contributed by atoms with Gasteiger partial charge in [-0.3, -0.25) is 4.98 Å². The van der Waals surface area contributed by atoms with Gasteiger partial charge in [0.15, 0.2) is 0 Å². The third-order valence-corrected chi connectivity index (χ3v) is 6.19. The first-order valence-electron chi connectivity index (χ1n) is 7.55. The van der Waals surface area contributed by atoms with Crippen LogP contribution >= 0.6 is 0 Å². The number of aromatic nitrogens is 1. The van der Waals surface area contributed by atoms with Gasteiger partial charge in [0.05, 0.1) is 17.7 Å². The maximum absolute atomic E-state index is 13.1. The van der Waals surface area contributed by atoms with E-state index in [1.54, 1.807) is 31.3 Å². The predicted molar refractivity (Wildman–Crippen MR) is 85.0 cm³/mol. The Hall–Kier alpha value is -1.50. The monoisotopic (exact) mass is 320 g/mol. The molecule has 0 spiro atoms. The summed E-state index contributed by atoms with van der Waals surface area (Å²) >= 11 is 0. The number of sulfonamides is 1. The van der Waals surface area contributed by atoms with E-state index in [0.717, 1.165) is 18.2 Å². The van der Waals surface area contributed by atoms with E-state index in [1.165, 1.54) is 4.31 Å². The zero-order valence-electron chi connectivity index (χ0n) is 12.5. The maximum atomic E-state index is 13.1. The number of aliphatic hydroxyl groups excluding tert-OH is 1. The summed E-state index contributed by atoms with van der Waals surface area (Å²) < 4.78 is 27.6. The molecule has 0 bridgehead atoms. The Morgan fingerprint density at radius 1 is 1.27 bits per heavy atom. The first-order chi connectivity index (χ1) is 10.5. The van der Waals surface area contributed by atoms with E-state index in [-0.39, 0.29) is 10.9 Å². The van der Waals surface area contributed by atoms with E-state index in [9.17, 15) is 13.5 Å². The third kappa shape index (κ3) is 2.62. The van der Waals surface area contributed by atoms with E-state index in [1.807, 2.05) is 12.1 Å². The van der Waals surface area contributed by atoms with Crippen LogP contribution in [-0.2, 0) is 10.0 Å². The molecule has 1 aromatic heterocycles. The molecule has 1 saturated heterocycles. The SMILES string of the molecule is C[C@H](O)[C@@H]1CCCCN1S(=O)(=O)c1cccc2cccnc12. The van der Waals surface area contributed by atoms with Crippen LogP contribution in [0.1, 0.15) is 26.2 Å². The van der Waals surface area contributed by atoms with E-state index >= 15 is 0 Å². The van der Waals surface area contributed by atoms with Crippen LogP contribution in [0.15, 0.2) is 41.4 Å². The minimum Gasteiger partial charge on any atom is -0.392 e. The van der Waals surface area contributed by atoms with Crippen LogP contribution in [0.4, 0.5) is 0 Å². The quantitative estimate of drug-likeness (QED) is 0.941.